The number of nitrogens with one attached hydrogen (secondary N) is 1. The van der Waals surface area contributed by atoms with E-state index >= 15 is 0 Å². The highest BCUT2D eigenvalue weighted by molar-refractivity contribution is 7.89. The topological polar surface area (TPSA) is 159 Å². The van der Waals surface area contributed by atoms with Gasteiger partial charge in [0.05, 0.1) is 29.4 Å². The molecule has 0 saturated heterocycles. The summed E-state index contributed by atoms with van der Waals surface area (Å²) in [5.74, 6) is 0.583. The second-order valence-corrected chi connectivity index (χ2v) is 8.74. The first-order valence-electron chi connectivity index (χ1n) is 10.2. The number of ether oxygens (including phenoxy) is 1. The molecule has 0 atom stereocenters. The Morgan fingerprint density at radius 2 is 1.79 bits per heavy atom. The van der Waals surface area contributed by atoms with E-state index in [1.807, 2.05) is 30.3 Å². The molecular weight excluding hydrogens is 454 g/mol. The molecule has 3 N–H and O–H groups in total. The van der Waals surface area contributed by atoms with Crippen LogP contribution in [0.2, 0.25) is 0 Å². The lowest BCUT2D eigenvalue weighted by Gasteiger charge is -2.25. The fourth-order valence-corrected chi connectivity index (χ4v) is 4.03. The number of fused-ring (bicyclic) bond motifs is 1. The van der Waals surface area contributed by atoms with Crippen molar-refractivity contribution in [2.45, 2.75) is 18.4 Å². The highest BCUT2D eigenvalue weighted by Gasteiger charge is 2.26. The number of pyridine rings is 1. The van der Waals surface area contributed by atoms with Crippen LogP contribution in [0.4, 0.5) is 11.5 Å². The standard InChI is InChI=1S/C23H19N7O3S/c1-2-33-23-19(13-25)21(27-16-8-10-17(11-9-16)34(26,31)32)18(12-24)22-29-28-20(14-30(22)23)15-6-4-3-5-7-15/h3-11,29H,2,14H2,1H3,(H2,26,31,32). The second kappa shape index (κ2) is 9.19. The van der Waals surface area contributed by atoms with Crippen molar-refractivity contribution in [1.29, 1.82) is 10.5 Å². The largest absolute Gasteiger partial charge is 0.478 e. The molecule has 34 heavy (non-hydrogen) atoms. The van der Waals surface area contributed by atoms with Crippen LogP contribution in [0.25, 0.3) is 0 Å². The minimum atomic E-state index is -3.87. The molecule has 0 unspecified atom stereocenters. The fraction of sp³-hybridized carbons (Fsp3) is 0.130. The van der Waals surface area contributed by atoms with Gasteiger partial charge in [-0.3, -0.25) is 9.99 Å². The Labute approximate surface area is 195 Å². The molecule has 170 valence electrons. The number of nitriles is 2. The predicted molar refractivity (Wildman–Crippen MR) is 125 cm³/mol. The van der Waals surface area contributed by atoms with Crippen LogP contribution < -0.4 is 20.7 Å². The van der Waals surface area contributed by atoms with Crippen LogP contribution in [0, 0.1) is 22.7 Å². The predicted octanol–water partition coefficient (Wildman–Crippen LogP) is 2.34. The number of aromatic nitrogens is 1. The van der Waals surface area contributed by atoms with Crippen molar-refractivity contribution in [3.05, 3.63) is 76.6 Å². The van der Waals surface area contributed by atoms with Crippen LogP contribution in [0.15, 0.2) is 69.6 Å². The maximum absolute atomic E-state index is 11.5. The Balaban J connectivity index is 1.93. The number of sulfonamides is 1. The van der Waals surface area contributed by atoms with Crippen LogP contribution in [-0.2, 0) is 16.6 Å². The summed E-state index contributed by atoms with van der Waals surface area (Å²) >= 11 is 0. The van der Waals surface area contributed by atoms with Gasteiger partial charge in [0.25, 0.3) is 0 Å². The van der Waals surface area contributed by atoms with Crippen LogP contribution >= 0.6 is 0 Å². The highest BCUT2D eigenvalue weighted by atomic mass is 32.2. The van der Waals surface area contributed by atoms with Gasteiger partial charge in [0.15, 0.2) is 0 Å². The summed E-state index contributed by atoms with van der Waals surface area (Å²) in [6, 6.07) is 19.2. The molecule has 0 amide bonds. The first kappa shape index (κ1) is 22.7. The molecule has 1 aliphatic rings. The van der Waals surface area contributed by atoms with Crippen molar-refractivity contribution in [3.8, 4) is 18.0 Å². The normalized spacial score (nSPS) is 13.2. The summed E-state index contributed by atoms with van der Waals surface area (Å²) in [5, 5.41) is 29.6. The van der Waals surface area contributed by atoms with E-state index in [0.717, 1.165) is 5.56 Å². The summed E-state index contributed by atoms with van der Waals surface area (Å²) in [4.78, 5) is 4.40. The zero-order valence-corrected chi connectivity index (χ0v) is 18.9. The van der Waals surface area contributed by atoms with E-state index in [2.05, 4.69) is 27.7 Å². The number of rotatable bonds is 5. The minimum Gasteiger partial charge on any atom is -0.478 e. The maximum atomic E-state index is 11.5. The lowest BCUT2D eigenvalue weighted by atomic mass is 10.1. The van der Waals surface area contributed by atoms with Gasteiger partial charge in [-0.15, -0.1) is 0 Å². The summed E-state index contributed by atoms with van der Waals surface area (Å²) < 4.78 is 30.6. The van der Waals surface area contributed by atoms with E-state index in [0.29, 0.717) is 17.2 Å². The molecule has 2 aromatic carbocycles. The van der Waals surface area contributed by atoms with E-state index < -0.39 is 10.0 Å². The van der Waals surface area contributed by atoms with E-state index in [1.54, 1.807) is 11.5 Å². The molecule has 1 aliphatic heterocycles. The molecule has 0 fully saturated rings. The van der Waals surface area contributed by atoms with Crippen LogP contribution in [0.1, 0.15) is 23.6 Å². The number of anilines is 1. The Kier molecular flexibility index (Phi) is 6.15. The van der Waals surface area contributed by atoms with Gasteiger partial charge in [0, 0.05) is 0 Å². The summed E-state index contributed by atoms with van der Waals surface area (Å²) in [7, 11) is -3.87. The molecule has 11 heteroatoms. The summed E-state index contributed by atoms with van der Waals surface area (Å²) in [5.41, 5.74) is 5.02. The quantitative estimate of drug-likeness (QED) is 0.579. The molecule has 10 nitrogen and oxygen atoms in total. The third kappa shape index (κ3) is 4.26. The van der Waals surface area contributed by atoms with Gasteiger partial charge in [-0.25, -0.2) is 18.5 Å². The van der Waals surface area contributed by atoms with Crippen molar-refractivity contribution >= 4 is 27.2 Å². The molecule has 0 spiro atoms. The first-order valence-corrected chi connectivity index (χ1v) is 11.7. The number of nitrogens with two attached hydrogens (primary N) is 1. The molecule has 1 aromatic heterocycles. The van der Waals surface area contributed by atoms with Gasteiger partial charge in [0.2, 0.25) is 15.9 Å². The highest BCUT2D eigenvalue weighted by Crippen LogP contribution is 2.28. The van der Waals surface area contributed by atoms with Crippen LogP contribution in [-0.4, -0.2) is 25.3 Å². The number of hydrogen-bond acceptors (Lipinski definition) is 8. The Bertz CT molecular complexity index is 1540. The molecule has 2 heterocycles. The third-order valence-electron chi connectivity index (χ3n) is 5.06. The molecule has 0 bridgehead atoms. The fourth-order valence-electron chi connectivity index (χ4n) is 3.51. The smallest absolute Gasteiger partial charge is 0.238 e. The van der Waals surface area contributed by atoms with Gasteiger partial charge < -0.3 is 4.74 Å². The number of benzene rings is 2. The minimum absolute atomic E-state index is 0.0760. The average Bonchev–Trinajstić information content (AvgIpc) is 2.84. The van der Waals surface area contributed by atoms with Crippen molar-refractivity contribution in [1.82, 2.24) is 4.57 Å². The lowest BCUT2D eigenvalue weighted by molar-refractivity contribution is 0.309. The summed E-state index contributed by atoms with van der Waals surface area (Å²) in [6.07, 6.45) is 0. The van der Waals surface area contributed by atoms with Gasteiger partial charge >= 0.3 is 0 Å². The molecule has 4 rings (SSSR count). The molecule has 0 radical (unpaired) electrons. The average molecular weight is 474 g/mol. The Morgan fingerprint density at radius 3 is 2.38 bits per heavy atom. The SMILES string of the molecule is CCOc1c(C#N)c(=Nc2ccc(S(N)(=O)=O)cc2)c(C#N)c2n1CC(c1ccccc1)=NN2. The van der Waals surface area contributed by atoms with E-state index in [9.17, 15) is 18.9 Å². The number of hydrogen-bond donors (Lipinski definition) is 2. The van der Waals surface area contributed by atoms with E-state index in [-0.39, 0.29) is 40.4 Å². The van der Waals surface area contributed by atoms with Crippen LogP contribution in [0.3, 0.4) is 0 Å². The summed E-state index contributed by atoms with van der Waals surface area (Å²) in [6.45, 7) is 2.34. The van der Waals surface area contributed by atoms with Crippen molar-refractivity contribution < 1.29 is 13.2 Å². The van der Waals surface area contributed by atoms with Crippen molar-refractivity contribution in [3.63, 3.8) is 0 Å². The second-order valence-electron chi connectivity index (χ2n) is 7.18. The molecular formula is C23H19N7O3S. The Morgan fingerprint density at radius 1 is 1.12 bits per heavy atom. The van der Waals surface area contributed by atoms with Gasteiger partial charge in [-0.2, -0.15) is 15.6 Å². The van der Waals surface area contributed by atoms with Crippen molar-refractivity contribution in [2.75, 3.05) is 12.0 Å². The molecule has 3 aromatic rings. The van der Waals surface area contributed by atoms with Gasteiger partial charge in [0.1, 0.15) is 34.4 Å². The van der Waals surface area contributed by atoms with Crippen molar-refractivity contribution in [2.24, 2.45) is 15.2 Å². The monoisotopic (exact) mass is 473 g/mol. The number of nitrogens with zero attached hydrogens (tertiary/aromatic N) is 5. The van der Waals surface area contributed by atoms with Gasteiger partial charge in [-0.1, -0.05) is 30.3 Å². The number of hydrazone groups is 1. The van der Waals surface area contributed by atoms with E-state index in [4.69, 9.17) is 9.88 Å². The lowest BCUT2D eigenvalue weighted by Crippen LogP contribution is -2.29. The van der Waals surface area contributed by atoms with E-state index in [1.165, 1.54) is 24.3 Å². The first-order chi connectivity index (χ1) is 16.4. The maximum Gasteiger partial charge on any atom is 0.238 e. The Hall–Kier alpha value is -4.45. The molecule has 0 saturated carbocycles. The van der Waals surface area contributed by atoms with Crippen LogP contribution in [0.5, 0.6) is 5.88 Å². The van der Waals surface area contributed by atoms with Gasteiger partial charge in [-0.05, 0) is 36.8 Å². The molecule has 0 aliphatic carbocycles. The zero-order chi connectivity index (χ0) is 24.3. The number of primary sulfonamides is 1. The zero-order valence-electron chi connectivity index (χ0n) is 18.1. The third-order valence-corrected chi connectivity index (χ3v) is 5.99.